The van der Waals surface area contributed by atoms with Gasteiger partial charge in [0.15, 0.2) is 0 Å². The molecule has 0 aliphatic heterocycles. The van der Waals surface area contributed by atoms with Crippen LogP contribution in [-0.4, -0.2) is 20.2 Å². The Morgan fingerprint density at radius 1 is 1.08 bits per heavy atom. The van der Waals surface area contributed by atoms with E-state index >= 15 is 0 Å². The molecule has 12 heavy (non-hydrogen) atoms. The standard InChI is InChI=1S/C9H7NO.Be/c11-8-5-1-3-7-4-2-6-10-9(7)8;/h1-6,11H;. The monoisotopic (exact) mass is 154 g/mol. The maximum Gasteiger partial charge on any atom is 0.141 e. The number of phenols is 1. The maximum atomic E-state index is 9.31. The van der Waals surface area contributed by atoms with Gasteiger partial charge in [0.25, 0.3) is 0 Å². The summed E-state index contributed by atoms with van der Waals surface area (Å²) in [5.74, 6) is 0.239. The SMILES string of the molecule is Oc1cccc2cccnc12.[Be]. The van der Waals surface area contributed by atoms with Crippen molar-refractivity contribution in [1.29, 1.82) is 0 Å². The van der Waals surface area contributed by atoms with Crippen molar-refractivity contribution in [3.05, 3.63) is 36.5 Å². The fourth-order valence-electron chi connectivity index (χ4n) is 1.09. The van der Waals surface area contributed by atoms with E-state index in [0.29, 0.717) is 5.52 Å². The molecule has 0 saturated carbocycles. The molecule has 0 spiro atoms. The fraction of sp³-hybridized carbons (Fsp3) is 0. The summed E-state index contributed by atoms with van der Waals surface area (Å²) in [6.07, 6.45) is 1.67. The second-order valence-corrected chi connectivity index (χ2v) is 2.35. The first-order valence-corrected chi connectivity index (χ1v) is 3.40. The molecule has 0 unspecified atom stereocenters. The first-order chi connectivity index (χ1) is 5.38. The van der Waals surface area contributed by atoms with Gasteiger partial charge in [-0.15, -0.1) is 0 Å². The Kier molecular flexibility index (Phi) is 2.41. The van der Waals surface area contributed by atoms with E-state index in [4.69, 9.17) is 0 Å². The van der Waals surface area contributed by atoms with Crippen molar-refractivity contribution in [2.24, 2.45) is 0 Å². The van der Waals surface area contributed by atoms with Crippen LogP contribution in [0.3, 0.4) is 0 Å². The van der Waals surface area contributed by atoms with Crippen LogP contribution in [0.1, 0.15) is 0 Å². The number of hydrogen-bond donors (Lipinski definition) is 1. The third-order valence-electron chi connectivity index (χ3n) is 1.61. The minimum atomic E-state index is 0. The van der Waals surface area contributed by atoms with Crippen LogP contribution in [0.2, 0.25) is 0 Å². The molecule has 2 nitrogen and oxygen atoms in total. The first kappa shape index (κ1) is 8.69. The molecule has 0 aliphatic rings. The summed E-state index contributed by atoms with van der Waals surface area (Å²) in [4.78, 5) is 4.03. The summed E-state index contributed by atoms with van der Waals surface area (Å²) in [6.45, 7) is 0. The Morgan fingerprint density at radius 2 is 1.83 bits per heavy atom. The van der Waals surface area contributed by atoms with E-state index in [1.807, 2.05) is 18.2 Å². The van der Waals surface area contributed by atoms with Crippen molar-refractivity contribution in [1.82, 2.24) is 4.98 Å². The minimum Gasteiger partial charge on any atom is -0.506 e. The largest absolute Gasteiger partial charge is 0.506 e. The van der Waals surface area contributed by atoms with Crippen molar-refractivity contribution in [2.75, 3.05) is 0 Å². The molecule has 1 aromatic heterocycles. The van der Waals surface area contributed by atoms with E-state index in [1.165, 1.54) is 0 Å². The van der Waals surface area contributed by atoms with Crippen molar-refractivity contribution < 1.29 is 5.11 Å². The fourth-order valence-corrected chi connectivity index (χ4v) is 1.09. The molecule has 2 aromatic rings. The number of phenolic OH excluding ortho intramolecular Hbond substituents is 1. The van der Waals surface area contributed by atoms with Crippen LogP contribution in [0.4, 0.5) is 0 Å². The van der Waals surface area contributed by atoms with Gasteiger partial charge in [-0.2, -0.15) is 0 Å². The molecule has 0 fully saturated rings. The summed E-state index contributed by atoms with van der Waals surface area (Å²) in [5.41, 5.74) is 0.662. The molecule has 0 amide bonds. The van der Waals surface area contributed by atoms with E-state index in [9.17, 15) is 5.11 Å². The van der Waals surface area contributed by atoms with Gasteiger partial charge < -0.3 is 5.11 Å². The number of pyridine rings is 1. The van der Waals surface area contributed by atoms with Crippen LogP contribution in [0.15, 0.2) is 36.5 Å². The van der Waals surface area contributed by atoms with E-state index in [2.05, 4.69) is 4.98 Å². The Labute approximate surface area is 74.1 Å². The van der Waals surface area contributed by atoms with Crippen LogP contribution in [-0.2, 0) is 0 Å². The number of nitrogens with zero attached hydrogens (tertiary/aromatic N) is 1. The van der Waals surface area contributed by atoms with Crippen molar-refractivity contribution in [3.8, 4) is 5.75 Å². The van der Waals surface area contributed by atoms with Gasteiger partial charge in [-0.3, -0.25) is 4.98 Å². The Bertz CT molecular complexity index is 384. The maximum absolute atomic E-state index is 9.31. The predicted octanol–water partition coefficient (Wildman–Crippen LogP) is 1.56. The molecule has 56 valence electrons. The van der Waals surface area contributed by atoms with E-state index in [-0.39, 0.29) is 15.9 Å². The summed E-state index contributed by atoms with van der Waals surface area (Å²) >= 11 is 0. The Morgan fingerprint density at radius 3 is 2.58 bits per heavy atom. The van der Waals surface area contributed by atoms with Gasteiger partial charge in [-0.1, -0.05) is 18.2 Å². The van der Waals surface area contributed by atoms with Crippen molar-refractivity contribution >= 4 is 21.0 Å². The van der Waals surface area contributed by atoms with Gasteiger partial charge >= 0.3 is 0 Å². The summed E-state index contributed by atoms with van der Waals surface area (Å²) < 4.78 is 0. The van der Waals surface area contributed by atoms with E-state index < -0.39 is 0 Å². The first-order valence-electron chi connectivity index (χ1n) is 3.40. The average molecular weight is 154 g/mol. The van der Waals surface area contributed by atoms with Gasteiger partial charge in [-0.05, 0) is 12.1 Å². The zero-order valence-electron chi connectivity index (χ0n) is 6.57. The molecule has 2 radical (unpaired) electrons. The Hall–Kier alpha value is -1.40. The zero-order valence-corrected chi connectivity index (χ0v) is 6.57. The predicted molar refractivity (Wildman–Crippen MR) is 49.2 cm³/mol. The van der Waals surface area contributed by atoms with Crippen LogP contribution in [0, 0.1) is 0 Å². The van der Waals surface area contributed by atoms with Crippen LogP contribution in [0.5, 0.6) is 5.75 Å². The van der Waals surface area contributed by atoms with Crippen LogP contribution < -0.4 is 0 Å². The summed E-state index contributed by atoms with van der Waals surface area (Å²) in [6, 6.07) is 9.13. The third-order valence-corrected chi connectivity index (χ3v) is 1.61. The number of hydrogen-bond acceptors (Lipinski definition) is 2. The second-order valence-electron chi connectivity index (χ2n) is 2.35. The second kappa shape index (κ2) is 3.33. The topological polar surface area (TPSA) is 33.1 Å². The molecule has 2 rings (SSSR count). The molecule has 0 aliphatic carbocycles. The quantitative estimate of drug-likeness (QED) is 0.584. The number of para-hydroxylation sites is 1. The molecule has 0 saturated heterocycles. The Balaban J connectivity index is 0.000000720. The normalized spacial score (nSPS) is 9.33. The molecular weight excluding hydrogens is 147 g/mol. The molecule has 0 bridgehead atoms. The third kappa shape index (κ3) is 1.29. The molecule has 3 heteroatoms. The van der Waals surface area contributed by atoms with Gasteiger partial charge in [0.1, 0.15) is 11.3 Å². The smallest absolute Gasteiger partial charge is 0.141 e. The summed E-state index contributed by atoms with van der Waals surface area (Å²) in [7, 11) is 0. The molecular formula is C9H7BeNO. The number of rotatable bonds is 0. The van der Waals surface area contributed by atoms with E-state index in [0.717, 1.165) is 5.39 Å². The van der Waals surface area contributed by atoms with Gasteiger partial charge in [0.05, 0.1) is 0 Å². The van der Waals surface area contributed by atoms with E-state index in [1.54, 1.807) is 18.3 Å². The average Bonchev–Trinajstić information content (AvgIpc) is 2.06. The molecule has 1 N–H and O–H groups in total. The van der Waals surface area contributed by atoms with Crippen LogP contribution in [0.25, 0.3) is 10.9 Å². The number of aromatic hydroxyl groups is 1. The summed E-state index contributed by atoms with van der Waals surface area (Å²) in [5, 5.41) is 10.3. The molecule has 1 heterocycles. The number of benzene rings is 1. The van der Waals surface area contributed by atoms with Crippen LogP contribution >= 0.6 is 0 Å². The van der Waals surface area contributed by atoms with Gasteiger partial charge in [0.2, 0.25) is 0 Å². The minimum absolute atomic E-state index is 0. The zero-order chi connectivity index (χ0) is 7.68. The van der Waals surface area contributed by atoms with Crippen molar-refractivity contribution in [3.63, 3.8) is 0 Å². The number of fused-ring (bicyclic) bond motifs is 1. The van der Waals surface area contributed by atoms with Gasteiger partial charge in [-0.25, -0.2) is 0 Å². The molecule has 0 atom stereocenters. The number of aromatic nitrogens is 1. The van der Waals surface area contributed by atoms with Crippen molar-refractivity contribution in [2.45, 2.75) is 0 Å². The van der Waals surface area contributed by atoms with Gasteiger partial charge in [0, 0.05) is 21.7 Å². The molecule has 1 aromatic carbocycles.